The van der Waals surface area contributed by atoms with E-state index >= 15 is 0 Å². The van der Waals surface area contributed by atoms with Gasteiger partial charge in [0.1, 0.15) is 5.82 Å². The SMILES string of the molecule is CC(=O)c1ccc(F)c(Nc2ccc(F)c(F)c2)c1. The van der Waals surface area contributed by atoms with Gasteiger partial charge in [0, 0.05) is 17.3 Å². The smallest absolute Gasteiger partial charge is 0.160 e. The van der Waals surface area contributed by atoms with Crippen LogP contribution >= 0.6 is 0 Å². The zero-order valence-corrected chi connectivity index (χ0v) is 10.0. The number of ketones is 1. The topological polar surface area (TPSA) is 29.1 Å². The van der Waals surface area contributed by atoms with E-state index in [0.717, 1.165) is 18.2 Å². The Morgan fingerprint density at radius 1 is 0.947 bits per heavy atom. The Bertz CT molecular complexity index is 641. The molecular weight excluding hydrogens is 255 g/mol. The van der Waals surface area contributed by atoms with Gasteiger partial charge in [0.2, 0.25) is 0 Å². The first-order valence-electron chi connectivity index (χ1n) is 5.50. The Hall–Kier alpha value is -2.30. The van der Waals surface area contributed by atoms with Crippen molar-refractivity contribution in [1.29, 1.82) is 0 Å². The van der Waals surface area contributed by atoms with E-state index in [1.54, 1.807) is 0 Å². The van der Waals surface area contributed by atoms with E-state index in [-0.39, 0.29) is 17.2 Å². The third kappa shape index (κ3) is 2.93. The fourth-order valence-electron chi connectivity index (χ4n) is 1.57. The van der Waals surface area contributed by atoms with Crippen LogP contribution in [0.3, 0.4) is 0 Å². The summed E-state index contributed by atoms with van der Waals surface area (Å²) in [5.74, 6) is -2.82. The van der Waals surface area contributed by atoms with Crippen molar-refractivity contribution in [1.82, 2.24) is 0 Å². The molecule has 98 valence electrons. The zero-order chi connectivity index (χ0) is 14.0. The van der Waals surface area contributed by atoms with Crippen molar-refractivity contribution in [2.24, 2.45) is 0 Å². The summed E-state index contributed by atoms with van der Waals surface area (Å²) in [5, 5.41) is 2.60. The lowest BCUT2D eigenvalue weighted by Gasteiger charge is -2.09. The maximum absolute atomic E-state index is 13.6. The first kappa shape index (κ1) is 13.1. The number of benzene rings is 2. The van der Waals surface area contributed by atoms with E-state index in [0.29, 0.717) is 5.56 Å². The minimum Gasteiger partial charge on any atom is -0.353 e. The minimum absolute atomic E-state index is 0.0266. The molecule has 0 heterocycles. The summed E-state index contributed by atoms with van der Waals surface area (Å²) < 4.78 is 39.3. The third-order valence-electron chi connectivity index (χ3n) is 2.57. The summed E-state index contributed by atoms with van der Waals surface area (Å²) in [5.41, 5.74) is 0.545. The summed E-state index contributed by atoms with van der Waals surface area (Å²) in [6.45, 7) is 1.36. The highest BCUT2D eigenvalue weighted by Gasteiger charge is 2.08. The lowest BCUT2D eigenvalue weighted by molar-refractivity contribution is 0.101. The molecule has 0 aromatic heterocycles. The molecule has 0 spiro atoms. The van der Waals surface area contributed by atoms with Gasteiger partial charge in [0.25, 0.3) is 0 Å². The average Bonchev–Trinajstić information content (AvgIpc) is 2.36. The number of nitrogens with one attached hydrogen (secondary N) is 1. The molecular formula is C14H10F3NO. The lowest BCUT2D eigenvalue weighted by atomic mass is 10.1. The van der Waals surface area contributed by atoms with Crippen molar-refractivity contribution < 1.29 is 18.0 Å². The summed E-state index contributed by atoms with van der Waals surface area (Å²) in [7, 11) is 0. The normalized spacial score (nSPS) is 10.3. The van der Waals surface area contributed by atoms with Gasteiger partial charge in [-0.2, -0.15) is 0 Å². The van der Waals surface area contributed by atoms with Gasteiger partial charge in [-0.3, -0.25) is 4.79 Å². The lowest BCUT2D eigenvalue weighted by Crippen LogP contribution is -1.99. The van der Waals surface area contributed by atoms with Gasteiger partial charge in [-0.25, -0.2) is 13.2 Å². The van der Waals surface area contributed by atoms with E-state index < -0.39 is 17.5 Å². The van der Waals surface area contributed by atoms with Crippen molar-refractivity contribution >= 4 is 17.2 Å². The van der Waals surface area contributed by atoms with Crippen LogP contribution in [0.5, 0.6) is 0 Å². The molecule has 0 unspecified atom stereocenters. The first-order valence-corrected chi connectivity index (χ1v) is 5.50. The molecule has 0 amide bonds. The van der Waals surface area contributed by atoms with E-state index in [2.05, 4.69) is 5.32 Å². The molecule has 1 N–H and O–H groups in total. The molecule has 0 aliphatic carbocycles. The Morgan fingerprint density at radius 3 is 2.26 bits per heavy atom. The summed E-state index contributed by atoms with van der Waals surface area (Å²) in [4.78, 5) is 11.2. The van der Waals surface area contributed by atoms with Crippen LogP contribution in [0.1, 0.15) is 17.3 Å². The molecule has 2 nitrogen and oxygen atoms in total. The maximum Gasteiger partial charge on any atom is 0.160 e. The highest BCUT2D eigenvalue weighted by atomic mass is 19.2. The number of carbonyl (C=O) groups excluding carboxylic acids is 1. The molecule has 0 saturated heterocycles. The fraction of sp³-hybridized carbons (Fsp3) is 0.0714. The maximum atomic E-state index is 13.6. The number of hydrogen-bond acceptors (Lipinski definition) is 2. The van der Waals surface area contributed by atoms with Gasteiger partial charge < -0.3 is 5.32 Å². The number of rotatable bonds is 3. The Morgan fingerprint density at radius 2 is 1.63 bits per heavy atom. The Kier molecular flexibility index (Phi) is 3.55. The second-order valence-corrected chi connectivity index (χ2v) is 4.00. The van der Waals surface area contributed by atoms with Gasteiger partial charge in [-0.15, -0.1) is 0 Å². The van der Waals surface area contributed by atoms with Crippen LogP contribution in [-0.2, 0) is 0 Å². The van der Waals surface area contributed by atoms with Crippen LogP contribution < -0.4 is 5.32 Å². The van der Waals surface area contributed by atoms with Crippen molar-refractivity contribution in [3.05, 3.63) is 59.4 Å². The van der Waals surface area contributed by atoms with E-state index in [1.165, 1.54) is 25.1 Å². The average molecular weight is 265 g/mol. The zero-order valence-electron chi connectivity index (χ0n) is 10.0. The minimum atomic E-state index is -1.03. The molecule has 19 heavy (non-hydrogen) atoms. The van der Waals surface area contributed by atoms with Crippen LogP contribution in [-0.4, -0.2) is 5.78 Å². The predicted molar refractivity (Wildman–Crippen MR) is 66.0 cm³/mol. The number of carbonyl (C=O) groups is 1. The van der Waals surface area contributed by atoms with Crippen molar-refractivity contribution in [2.45, 2.75) is 6.92 Å². The second kappa shape index (κ2) is 5.14. The fourth-order valence-corrected chi connectivity index (χ4v) is 1.57. The standard InChI is InChI=1S/C14H10F3NO/c1-8(19)9-2-4-12(16)14(6-9)18-10-3-5-11(15)13(17)7-10/h2-7,18H,1H3. The van der Waals surface area contributed by atoms with Gasteiger partial charge >= 0.3 is 0 Å². The second-order valence-electron chi connectivity index (χ2n) is 4.00. The summed E-state index contributed by atoms with van der Waals surface area (Å²) >= 11 is 0. The predicted octanol–water partition coefficient (Wildman–Crippen LogP) is 4.05. The molecule has 0 atom stereocenters. The van der Waals surface area contributed by atoms with E-state index in [1.807, 2.05) is 0 Å². The summed E-state index contributed by atoms with van der Waals surface area (Å²) in [6.07, 6.45) is 0. The van der Waals surface area contributed by atoms with Crippen LogP contribution in [0, 0.1) is 17.5 Å². The van der Waals surface area contributed by atoms with Gasteiger partial charge in [0.05, 0.1) is 5.69 Å². The quantitative estimate of drug-likeness (QED) is 0.848. The highest BCUT2D eigenvalue weighted by molar-refractivity contribution is 5.95. The molecule has 5 heteroatoms. The number of Topliss-reactive ketones (excluding diaryl/α,β-unsaturated/α-hetero) is 1. The van der Waals surface area contributed by atoms with Crippen molar-refractivity contribution in [3.8, 4) is 0 Å². The largest absolute Gasteiger partial charge is 0.353 e. The van der Waals surface area contributed by atoms with Crippen LogP contribution in [0.25, 0.3) is 0 Å². The van der Waals surface area contributed by atoms with Gasteiger partial charge in [0.15, 0.2) is 17.4 Å². The molecule has 0 fully saturated rings. The number of anilines is 2. The van der Waals surface area contributed by atoms with E-state index in [4.69, 9.17) is 0 Å². The van der Waals surface area contributed by atoms with E-state index in [9.17, 15) is 18.0 Å². The van der Waals surface area contributed by atoms with Crippen LogP contribution in [0.4, 0.5) is 24.5 Å². The Labute approximate surface area is 107 Å². The molecule has 2 rings (SSSR count). The highest BCUT2D eigenvalue weighted by Crippen LogP contribution is 2.23. The molecule has 2 aromatic carbocycles. The molecule has 2 aromatic rings. The molecule has 0 bridgehead atoms. The van der Waals surface area contributed by atoms with Crippen molar-refractivity contribution in [3.63, 3.8) is 0 Å². The van der Waals surface area contributed by atoms with Crippen molar-refractivity contribution in [2.75, 3.05) is 5.32 Å². The molecule has 0 aliphatic rings. The van der Waals surface area contributed by atoms with Gasteiger partial charge in [-0.05, 0) is 37.3 Å². The third-order valence-corrected chi connectivity index (χ3v) is 2.57. The molecule has 0 aliphatic heterocycles. The Balaban J connectivity index is 2.34. The van der Waals surface area contributed by atoms with Gasteiger partial charge in [-0.1, -0.05) is 0 Å². The molecule has 0 radical (unpaired) electrons. The molecule has 0 saturated carbocycles. The van der Waals surface area contributed by atoms with Crippen LogP contribution in [0.15, 0.2) is 36.4 Å². The first-order chi connectivity index (χ1) is 8.97. The summed E-state index contributed by atoms with van der Waals surface area (Å²) in [6, 6.07) is 6.93. The number of hydrogen-bond donors (Lipinski definition) is 1. The monoisotopic (exact) mass is 265 g/mol. The van der Waals surface area contributed by atoms with Crippen LogP contribution in [0.2, 0.25) is 0 Å². The number of halogens is 3.